The first-order valence-corrected chi connectivity index (χ1v) is 9.18. The molecule has 0 spiro atoms. The summed E-state index contributed by atoms with van der Waals surface area (Å²) in [4.78, 5) is 27.5. The first-order valence-electron chi connectivity index (χ1n) is 8.30. The third-order valence-corrected chi connectivity index (χ3v) is 4.72. The van der Waals surface area contributed by atoms with Crippen LogP contribution in [0.5, 0.6) is 0 Å². The number of carboxylic acid groups (broad SMARTS) is 1. The summed E-state index contributed by atoms with van der Waals surface area (Å²) in [7, 11) is 0. The molecule has 6 nitrogen and oxygen atoms in total. The lowest BCUT2D eigenvalue weighted by molar-refractivity contribution is -0.137. The van der Waals surface area contributed by atoms with Gasteiger partial charge in [0.2, 0.25) is 0 Å². The molecule has 1 heterocycles. The van der Waals surface area contributed by atoms with Gasteiger partial charge < -0.3 is 15.7 Å². The zero-order chi connectivity index (χ0) is 18.1. The van der Waals surface area contributed by atoms with Gasteiger partial charge in [0.05, 0.1) is 6.04 Å². The molecule has 2 atom stereocenters. The Balaban J connectivity index is 1.96. The number of carbonyl (C=O) groups excluding carboxylic acids is 1. The lowest BCUT2D eigenvalue weighted by atomic mass is 10.0. The van der Waals surface area contributed by atoms with Crippen molar-refractivity contribution in [2.24, 2.45) is 0 Å². The number of aromatic nitrogens is 1. The predicted molar refractivity (Wildman–Crippen MR) is 97.6 cm³/mol. The average molecular weight is 361 g/mol. The van der Waals surface area contributed by atoms with Crippen LogP contribution < -0.4 is 10.6 Å². The van der Waals surface area contributed by atoms with Crippen molar-refractivity contribution in [3.05, 3.63) is 52.5 Å². The minimum absolute atomic E-state index is 0.0153. The number of rotatable bonds is 9. The van der Waals surface area contributed by atoms with Crippen molar-refractivity contribution >= 4 is 23.3 Å². The molecule has 0 aliphatic heterocycles. The summed E-state index contributed by atoms with van der Waals surface area (Å²) >= 11 is 1.50. The van der Waals surface area contributed by atoms with E-state index in [0.717, 1.165) is 17.0 Å². The molecule has 2 amide bonds. The Bertz CT molecular complexity index is 661. The van der Waals surface area contributed by atoms with Crippen LogP contribution in [0.3, 0.4) is 0 Å². The highest BCUT2D eigenvalue weighted by Crippen LogP contribution is 2.18. The maximum atomic E-state index is 12.4. The summed E-state index contributed by atoms with van der Waals surface area (Å²) < 4.78 is 0. The molecule has 0 aliphatic carbocycles. The highest BCUT2D eigenvalue weighted by atomic mass is 32.1. The second-order valence-corrected chi connectivity index (χ2v) is 6.69. The molecule has 0 radical (unpaired) electrons. The van der Waals surface area contributed by atoms with Crippen molar-refractivity contribution in [2.45, 2.75) is 44.7 Å². The molecule has 25 heavy (non-hydrogen) atoms. The lowest BCUT2D eigenvalue weighted by Gasteiger charge is -2.21. The van der Waals surface area contributed by atoms with E-state index in [1.807, 2.05) is 42.6 Å². The number of aliphatic carboxylic acids is 1. The van der Waals surface area contributed by atoms with Crippen LogP contribution in [0.4, 0.5) is 4.79 Å². The quantitative estimate of drug-likeness (QED) is 0.638. The van der Waals surface area contributed by atoms with E-state index in [9.17, 15) is 9.59 Å². The SMILES string of the molecule is CCC(NC(=O)NC(CCC(=O)O)Cc1ccccc1)c1nccs1. The number of hydrogen-bond donors (Lipinski definition) is 3. The number of carboxylic acids is 1. The van der Waals surface area contributed by atoms with Crippen LogP contribution in [0, 0.1) is 0 Å². The Morgan fingerprint density at radius 2 is 2.00 bits per heavy atom. The van der Waals surface area contributed by atoms with Gasteiger partial charge in [-0.25, -0.2) is 9.78 Å². The lowest BCUT2D eigenvalue weighted by Crippen LogP contribution is -2.44. The fourth-order valence-corrected chi connectivity index (χ4v) is 3.32. The molecule has 0 aliphatic rings. The highest BCUT2D eigenvalue weighted by Gasteiger charge is 2.18. The summed E-state index contributed by atoms with van der Waals surface area (Å²) in [5.41, 5.74) is 1.06. The van der Waals surface area contributed by atoms with Crippen LogP contribution in [-0.2, 0) is 11.2 Å². The summed E-state index contributed by atoms with van der Waals surface area (Å²) in [6, 6.07) is 9.04. The second kappa shape index (κ2) is 9.78. The van der Waals surface area contributed by atoms with Crippen molar-refractivity contribution in [1.82, 2.24) is 15.6 Å². The fraction of sp³-hybridized carbons (Fsp3) is 0.389. The number of hydrogen-bond acceptors (Lipinski definition) is 4. The smallest absolute Gasteiger partial charge is 0.315 e. The number of nitrogens with one attached hydrogen (secondary N) is 2. The summed E-state index contributed by atoms with van der Waals surface area (Å²) in [5.74, 6) is -0.866. The topological polar surface area (TPSA) is 91.3 Å². The molecule has 1 aromatic heterocycles. The fourth-order valence-electron chi connectivity index (χ4n) is 2.55. The number of amides is 2. The molecule has 0 bridgehead atoms. The maximum Gasteiger partial charge on any atom is 0.315 e. The molecule has 1 aromatic carbocycles. The van der Waals surface area contributed by atoms with Gasteiger partial charge >= 0.3 is 12.0 Å². The normalized spacial score (nSPS) is 13.0. The maximum absolute atomic E-state index is 12.4. The van der Waals surface area contributed by atoms with Gasteiger partial charge in [-0.3, -0.25) is 4.79 Å². The van der Waals surface area contributed by atoms with Gasteiger partial charge in [-0.1, -0.05) is 37.3 Å². The molecule has 0 saturated heterocycles. The van der Waals surface area contributed by atoms with Crippen molar-refractivity contribution in [3.8, 4) is 0 Å². The van der Waals surface area contributed by atoms with Gasteiger partial charge in [-0.05, 0) is 24.8 Å². The van der Waals surface area contributed by atoms with Crippen LogP contribution in [0.25, 0.3) is 0 Å². The number of carbonyl (C=O) groups is 2. The molecule has 2 unspecified atom stereocenters. The van der Waals surface area contributed by atoms with E-state index in [0.29, 0.717) is 12.8 Å². The van der Waals surface area contributed by atoms with Gasteiger partial charge in [-0.15, -0.1) is 11.3 Å². The minimum atomic E-state index is -0.866. The van der Waals surface area contributed by atoms with Crippen LogP contribution in [0.2, 0.25) is 0 Å². The second-order valence-electron chi connectivity index (χ2n) is 5.77. The molecule has 3 N–H and O–H groups in total. The van der Waals surface area contributed by atoms with Crippen LogP contribution in [0.1, 0.15) is 42.8 Å². The average Bonchev–Trinajstić information content (AvgIpc) is 3.13. The molecule has 0 saturated carbocycles. The van der Waals surface area contributed by atoms with Crippen molar-refractivity contribution < 1.29 is 14.7 Å². The van der Waals surface area contributed by atoms with Gasteiger partial charge in [0.25, 0.3) is 0 Å². The third-order valence-electron chi connectivity index (χ3n) is 3.83. The first-order chi connectivity index (χ1) is 12.1. The molecule has 134 valence electrons. The van der Waals surface area contributed by atoms with E-state index in [-0.39, 0.29) is 24.5 Å². The molecular weight excluding hydrogens is 338 g/mol. The number of urea groups is 1. The van der Waals surface area contributed by atoms with Crippen molar-refractivity contribution in [1.29, 1.82) is 0 Å². The van der Waals surface area contributed by atoms with Crippen molar-refractivity contribution in [2.75, 3.05) is 0 Å². The third kappa shape index (κ3) is 6.54. The number of nitrogens with zero attached hydrogens (tertiary/aromatic N) is 1. The highest BCUT2D eigenvalue weighted by molar-refractivity contribution is 7.09. The molecular formula is C18H23N3O3S. The Hall–Kier alpha value is -2.41. The monoisotopic (exact) mass is 361 g/mol. The van der Waals surface area contributed by atoms with E-state index in [1.165, 1.54) is 11.3 Å². The van der Waals surface area contributed by atoms with Gasteiger partial charge in [0, 0.05) is 24.0 Å². The molecule has 2 rings (SSSR count). The number of benzene rings is 1. The zero-order valence-electron chi connectivity index (χ0n) is 14.1. The Morgan fingerprint density at radius 1 is 1.24 bits per heavy atom. The van der Waals surface area contributed by atoms with E-state index in [1.54, 1.807) is 6.20 Å². The van der Waals surface area contributed by atoms with Crippen LogP contribution in [-0.4, -0.2) is 28.1 Å². The molecule has 2 aromatic rings. The standard InChI is InChI=1S/C18H23N3O3S/c1-2-15(17-19-10-11-25-17)21-18(24)20-14(8-9-16(22)23)12-13-6-4-3-5-7-13/h3-7,10-11,14-15H,2,8-9,12H2,1H3,(H,22,23)(H2,20,21,24). The minimum Gasteiger partial charge on any atom is -0.481 e. The van der Waals surface area contributed by atoms with Crippen LogP contribution >= 0.6 is 11.3 Å². The van der Waals surface area contributed by atoms with E-state index < -0.39 is 5.97 Å². The summed E-state index contributed by atoms with van der Waals surface area (Å²) in [6.07, 6.45) is 3.44. The zero-order valence-corrected chi connectivity index (χ0v) is 15.0. The summed E-state index contributed by atoms with van der Waals surface area (Å²) in [6.45, 7) is 1.98. The van der Waals surface area contributed by atoms with Gasteiger partial charge in [0.1, 0.15) is 5.01 Å². The van der Waals surface area contributed by atoms with E-state index in [2.05, 4.69) is 15.6 Å². The van der Waals surface area contributed by atoms with Crippen molar-refractivity contribution in [3.63, 3.8) is 0 Å². The predicted octanol–water partition coefficient (Wildman–Crippen LogP) is 3.37. The number of thiazole rings is 1. The van der Waals surface area contributed by atoms with Crippen LogP contribution in [0.15, 0.2) is 41.9 Å². The van der Waals surface area contributed by atoms with Gasteiger partial charge in [0.15, 0.2) is 0 Å². The summed E-state index contributed by atoms with van der Waals surface area (Å²) in [5, 5.41) is 17.5. The Morgan fingerprint density at radius 3 is 2.60 bits per heavy atom. The van der Waals surface area contributed by atoms with E-state index >= 15 is 0 Å². The van der Waals surface area contributed by atoms with Gasteiger partial charge in [-0.2, -0.15) is 0 Å². The molecule has 7 heteroatoms. The Kier molecular flexibility index (Phi) is 7.40. The largest absolute Gasteiger partial charge is 0.481 e. The molecule has 0 fully saturated rings. The van der Waals surface area contributed by atoms with E-state index in [4.69, 9.17) is 5.11 Å². The Labute approximate surface area is 151 Å². The first kappa shape index (κ1) is 18.9.